The van der Waals surface area contributed by atoms with Gasteiger partial charge >= 0.3 is 0 Å². The van der Waals surface area contributed by atoms with E-state index in [1.54, 1.807) is 12.1 Å². The highest BCUT2D eigenvalue weighted by molar-refractivity contribution is 14.0. The highest BCUT2D eigenvalue weighted by Gasteiger charge is 2.05. The molecule has 0 aliphatic carbocycles. The van der Waals surface area contributed by atoms with Crippen LogP contribution in [-0.4, -0.2) is 44.1 Å². The highest BCUT2D eigenvalue weighted by atomic mass is 127. The second-order valence-corrected chi connectivity index (χ2v) is 4.47. The lowest BCUT2D eigenvalue weighted by Crippen LogP contribution is -2.37. The molecule has 0 aliphatic rings. The van der Waals surface area contributed by atoms with Crippen LogP contribution in [0, 0.1) is 5.82 Å². The Bertz CT molecular complexity index is 409. The van der Waals surface area contributed by atoms with E-state index in [1.165, 1.54) is 12.1 Å². The maximum Gasteiger partial charge on any atom is 0.193 e. The van der Waals surface area contributed by atoms with Crippen LogP contribution in [0.25, 0.3) is 0 Å². The molecule has 0 saturated carbocycles. The lowest BCUT2D eigenvalue weighted by molar-refractivity contribution is 0.229. The van der Waals surface area contributed by atoms with Gasteiger partial charge in [0.2, 0.25) is 0 Å². The average molecular weight is 395 g/mol. The van der Waals surface area contributed by atoms with Crippen molar-refractivity contribution in [2.24, 2.45) is 4.99 Å². The monoisotopic (exact) mass is 395 g/mol. The van der Waals surface area contributed by atoms with Gasteiger partial charge in [-0.05, 0) is 38.1 Å². The van der Waals surface area contributed by atoms with Crippen molar-refractivity contribution in [1.82, 2.24) is 10.2 Å². The number of hydrogen-bond donors (Lipinski definition) is 1. The molecule has 1 rings (SSSR count). The predicted octanol–water partition coefficient (Wildman–Crippen LogP) is 2.74. The fourth-order valence-corrected chi connectivity index (χ4v) is 1.51. The molecule has 0 heterocycles. The van der Waals surface area contributed by atoms with E-state index in [2.05, 4.69) is 10.3 Å². The Balaban J connectivity index is 0.00000361. The van der Waals surface area contributed by atoms with E-state index < -0.39 is 0 Å². The van der Waals surface area contributed by atoms with Gasteiger partial charge in [-0.3, -0.25) is 0 Å². The van der Waals surface area contributed by atoms with Crippen LogP contribution >= 0.6 is 24.0 Å². The van der Waals surface area contributed by atoms with Crippen LogP contribution in [0.1, 0.15) is 13.8 Å². The molecule has 0 aromatic heterocycles. The number of aliphatic imine (C=N–C) groups is 1. The first-order valence-electron chi connectivity index (χ1n) is 6.40. The number of rotatable bonds is 5. The summed E-state index contributed by atoms with van der Waals surface area (Å²) in [7, 11) is 3.87. The summed E-state index contributed by atoms with van der Waals surface area (Å²) in [6, 6.07) is 6.00. The zero-order valence-electron chi connectivity index (χ0n) is 12.4. The summed E-state index contributed by atoms with van der Waals surface area (Å²) in [5.41, 5.74) is 0. The molecule has 6 heteroatoms. The van der Waals surface area contributed by atoms with Crippen LogP contribution in [0.4, 0.5) is 4.39 Å². The summed E-state index contributed by atoms with van der Waals surface area (Å²) < 4.78 is 18.4. The average Bonchev–Trinajstić information content (AvgIpc) is 2.37. The second-order valence-electron chi connectivity index (χ2n) is 4.47. The van der Waals surface area contributed by atoms with Gasteiger partial charge in [-0.1, -0.05) is 0 Å². The van der Waals surface area contributed by atoms with Crippen molar-refractivity contribution in [3.8, 4) is 5.75 Å². The first-order chi connectivity index (χ1) is 9.02. The Morgan fingerprint density at radius 1 is 1.35 bits per heavy atom. The summed E-state index contributed by atoms with van der Waals surface area (Å²) in [6.45, 7) is 5.33. The number of nitrogens with one attached hydrogen (secondary N) is 1. The van der Waals surface area contributed by atoms with Crippen molar-refractivity contribution in [1.29, 1.82) is 0 Å². The molecule has 1 N–H and O–H groups in total. The number of hydrogen-bond acceptors (Lipinski definition) is 2. The number of nitrogens with zero attached hydrogens (tertiary/aromatic N) is 2. The van der Waals surface area contributed by atoms with Gasteiger partial charge < -0.3 is 15.0 Å². The Hall–Kier alpha value is -1.05. The SMILES string of the molecule is CCNC(=NCC(C)Oc1ccc(F)cc1)N(C)C.I. The fourth-order valence-electron chi connectivity index (χ4n) is 1.51. The Labute approximate surface area is 137 Å². The molecule has 1 aromatic rings. The molecule has 4 nitrogen and oxygen atoms in total. The minimum absolute atomic E-state index is 0. The molecule has 114 valence electrons. The fraction of sp³-hybridized carbons (Fsp3) is 0.500. The van der Waals surface area contributed by atoms with E-state index in [1.807, 2.05) is 32.8 Å². The van der Waals surface area contributed by atoms with Crippen molar-refractivity contribution in [3.05, 3.63) is 30.1 Å². The molecule has 0 fully saturated rings. The van der Waals surface area contributed by atoms with Gasteiger partial charge in [0.05, 0.1) is 6.54 Å². The summed E-state index contributed by atoms with van der Waals surface area (Å²) in [4.78, 5) is 6.38. The van der Waals surface area contributed by atoms with Crippen LogP contribution in [0.5, 0.6) is 5.75 Å². The normalized spacial score (nSPS) is 12.3. The molecule has 1 aromatic carbocycles. The lowest BCUT2D eigenvalue weighted by Gasteiger charge is -2.18. The van der Waals surface area contributed by atoms with Gasteiger partial charge in [-0.25, -0.2) is 9.38 Å². The summed E-state index contributed by atoms with van der Waals surface area (Å²) in [5, 5.41) is 3.18. The largest absolute Gasteiger partial charge is 0.489 e. The third-order valence-corrected chi connectivity index (χ3v) is 2.41. The van der Waals surface area contributed by atoms with Gasteiger partial charge in [0.25, 0.3) is 0 Å². The van der Waals surface area contributed by atoms with Crippen molar-refractivity contribution in [2.75, 3.05) is 27.2 Å². The number of halogens is 2. The minimum Gasteiger partial charge on any atom is -0.489 e. The zero-order valence-corrected chi connectivity index (χ0v) is 14.7. The molecule has 0 saturated heterocycles. The van der Waals surface area contributed by atoms with E-state index in [9.17, 15) is 4.39 Å². The summed E-state index contributed by atoms with van der Waals surface area (Å²) in [5.74, 6) is 1.22. The third kappa shape index (κ3) is 6.93. The van der Waals surface area contributed by atoms with Crippen molar-refractivity contribution in [2.45, 2.75) is 20.0 Å². The highest BCUT2D eigenvalue weighted by Crippen LogP contribution is 2.13. The van der Waals surface area contributed by atoms with E-state index in [4.69, 9.17) is 4.74 Å². The molecule has 1 atom stereocenters. The molecule has 0 amide bonds. The summed E-state index contributed by atoms with van der Waals surface area (Å²) >= 11 is 0. The number of guanidine groups is 1. The van der Waals surface area contributed by atoms with Crippen LogP contribution in [-0.2, 0) is 0 Å². The molecule has 1 unspecified atom stereocenters. The first kappa shape index (κ1) is 18.9. The van der Waals surface area contributed by atoms with Gasteiger partial charge in [0.15, 0.2) is 5.96 Å². The number of benzene rings is 1. The van der Waals surface area contributed by atoms with E-state index in [0.717, 1.165) is 12.5 Å². The number of ether oxygens (including phenoxy) is 1. The zero-order chi connectivity index (χ0) is 14.3. The van der Waals surface area contributed by atoms with Crippen molar-refractivity contribution >= 4 is 29.9 Å². The maximum atomic E-state index is 12.8. The minimum atomic E-state index is -0.264. The van der Waals surface area contributed by atoms with Crippen molar-refractivity contribution in [3.63, 3.8) is 0 Å². The molecule has 20 heavy (non-hydrogen) atoms. The van der Waals surface area contributed by atoms with Crippen LogP contribution in [0.2, 0.25) is 0 Å². The molecule has 0 spiro atoms. The molecular weight excluding hydrogens is 372 g/mol. The van der Waals surface area contributed by atoms with Crippen LogP contribution in [0.15, 0.2) is 29.3 Å². The first-order valence-corrected chi connectivity index (χ1v) is 6.40. The Morgan fingerprint density at radius 3 is 2.45 bits per heavy atom. The maximum absolute atomic E-state index is 12.8. The van der Waals surface area contributed by atoms with E-state index in [-0.39, 0.29) is 35.9 Å². The van der Waals surface area contributed by atoms with Gasteiger partial charge in [0.1, 0.15) is 17.7 Å². The Kier molecular flexibility index (Phi) is 9.28. The smallest absolute Gasteiger partial charge is 0.193 e. The summed E-state index contributed by atoms with van der Waals surface area (Å²) in [6.07, 6.45) is -0.0703. The van der Waals surface area contributed by atoms with Crippen LogP contribution in [0.3, 0.4) is 0 Å². The van der Waals surface area contributed by atoms with Crippen molar-refractivity contribution < 1.29 is 9.13 Å². The van der Waals surface area contributed by atoms with Crippen LogP contribution < -0.4 is 10.1 Å². The predicted molar refractivity (Wildman–Crippen MR) is 91.6 cm³/mol. The standard InChI is InChI=1S/C14H22FN3O.HI/c1-5-16-14(18(3)4)17-10-11(2)19-13-8-6-12(15)7-9-13;/h6-9,11H,5,10H2,1-4H3,(H,16,17);1H. The van der Waals surface area contributed by atoms with Gasteiger partial charge in [0, 0.05) is 20.6 Å². The lowest BCUT2D eigenvalue weighted by atomic mass is 10.3. The van der Waals surface area contributed by atoms with Gasteiger partial charge in [-0.15, -0.1) is 24.0 Å². The van der Waals surface area contributed by atoms with Gasteiger partial charge in [-0.2, -0.15) is 0 Å². The van der Waals surface area contributed by atoms with E-state index in [0.29, 0.717) is 12.3 Å². The topological polar surface area (TPSA) is 36.9 Å². The quantitative estimate of drug-likeness (QED) is 0.473. The molecule has 0 radical (unpaired) electrons. The molecule has 0 aliphatic heterocycles. The van der Waals surface area contributed by atoms with E-state index >= 15 is 0 Å². The molecule has 0 bridgehead atoms. The Morgan fingerprint density at radius 2 is 1.95 bits per heavy atom. The third-order valence-electron chi connectivity index (χ3n) is 2.41. The second kappa shape index (κ2) is 9.79. The molecular formula is C14H23FIN3O.